The largest absolute Gasteiger partial charge is 0.955 e. The Kier molecular flexibility index (Phi) is 5.49. The zero-order valence-electron chi connectivity index (χ0n) is 10.1. The van der Waals surface area contributed by atoms with E-state index in [0.717, 1.165) is 0 Å². The van der Waals surface area contributed by atoms with Gasteiger partial charge in [0.05, 0.1) is 0 Å². The number of nitrogens with zero attached hydrogens (tertiary/aromatic N) is 6. The Morgan fingerprint density at radius 2 is 1.38 bits per heavy atom. The van der Waals surface area contributed by atoms with Crippen LogP contribution in [0.15, 0.2) is 18.7 Å². The molecule has 15 heteroatoms. The Labute approximate surface area is 113 Å². The Bertz CT molecular complexity index is 518. The molecule has 1 aromatic heterocycles. The maximum atomic E-state index is 10.4. The Morgan fingerprint density at radius 1 is 1.00 bits per heavy atom. The van der Waals surface area contributed by atoms with Crippen LogP contribution in [0.2, 0.25) is 0 Å². The van der Waals surface area contributed by atoms with Gasteiger partial charge in [-0.2, -0.15) is 0 Å². The standard InChI is InChI=1S/C5H6N2O.CN4O8/c1-5(8)7-3-2-6-4-7;6-2(7)1(3(8)9,4(10)11)5(12)13/h2-4H,1H3;. The topological polar surface area (TPSA) is 207 Å². The molecule has 0 saturated heterocycles. The summed E-state index contributed by atoms with van der Waals surface area (Å²) in [5, 5.41) is 39.3. The Morgan fingerprint density at radius 3 is 1.48 bits per heavy atom. The van der Waals surface area contributed by atoms with E-state index >= 15 is 0 Å². The molecule has 0 atom stereocenters. The molecule has 0 aliphatic heterocycles. The molecule has 0 radical (unpaired) electrons. The molecule has 1 rings (SSSR count). The molecule has 0 aromatic carbocycles. The van der Waals surface area contributed by atoms with Crippen molar-refractivity contribution in [1.29, 1.82) is 0 Å². The van der Waals surface area contributed by atoms with Crippen LogP contribution >= 0.6 is 0 Å². The first kappa shape index (κ1) is 17.5. The van der Waals surface area contributed by atoms with Gasteiger partial charge in [0.15, 0.2) is 0 Å². The first-order valence-electron chi connectivity index (χ1n) is 4.65. The van der Waals surface area contributed by atoms with Gasteiger partial charge in [-0.25, -0.2) is 45.4 Å². The average molecular weight is 306 g/mol. The van der Waals surface area contributed by atoms with Gasteiger partial charge in [0.2, 0.25) is 5.91 Å². The van der Waals surface area contributed by atoms with Crippen LogP contribution in [0, 0.1) is 40.5 Å². The summed E-state index contributed by atoms with van der Waals surface area (Å²) in [6.07, 6.45) is 4.66. The van der Waals surface area contributed by atoms with E-state index in [9.17, 15) is 45.3 Å². The van der Waals surface area contributed by atoms with Crippen LogP contribution in [0.1, 0.15) is 11.7 Å². The van der Waals surface area contributed by atoms with Crippen molar-refractivity contribution in [2.24, 2.45) is 0 Å². The second-order valence-corrected chi connectivity index (χ2v) is 3.12. The van der Waals surface area contributed by atoms with E-state index < -0.39 is 25.6 Å². The molecule has 0 aliphatic rings. The summed E-state index contributed by atoms with van der Waals surface area (Å²) in [5.74, 6) is -4.62. The fourth-order valence-electron chi connectivity index (χ4n) is 0.845. The summed E-state index contributed by atoms with van der Waals surface area (Å²) >= 11 is 0. The first-order chi connectivity index (χ1) is 9.58. The van der Waals surface area contributed by atoms with Gasteiger partial charge in [-0.3, -0.25) is 9.36 Å². The number of carbonyl (C=O) groups is 1. The summed E-state index contributed by atoms with van der Waals surface area (Å²) in [4.78, 5) is 44.7. The number of aromatic nitrogens is 2. The SMILES string of the molecule is CC(=O)n1ccnc1.O=[N+]([O-])C([N+](=O)[O-])([N+](=O)[O-])[N+](=O)[O-]. The zero-order chi connectivity index (χ0) is 16.8. The minimum atomic E-state index is -4.61. The highest BCUT2D eigenvalue weighted by Crippen LogP contribution is 2.12. The maximum Gasteiger partial charge on any atom is 0.955 e. The van der Waals surface area contributed by atoms with E-state index in [4.69, 9.17) is 0 Å². The van der Waals surface area contributed by atoms with Crippen molar-refractivity contribution >= 4 is 5.91 Å². The number of hydrogen-bond acceptors (Lipinski definition) is 10. The van der Waals surface area contributed by atoms with Gasteiger partial charge in [-0.15, -0.1) is 0 Å². The molecular formula is C6H6N6O9. The summed E-state index contributed by atoms with van der Waals surface area (Å²) in [6, 6.07) is 0. The number of nitro groups is 4. The molecule has 0 N–H and O–H groups in total. The number of imidazole rings is 1. The molecule has 0 bridgehead atoms. The number of rotatable bonds is 4. The predicted molar refractivity (Wildman–Crippen MR) is 59.2 cm³/mol. The summed E-state index contributed by atoms with van der Waals surface area (Å²) < 4.78 is 1.42. The lowest BCUT2D eigenvalue weighted by Gasteiger charge is -1.98. The van der Waals surface area contributed by atoms with Crippen LogP contribution in [0.5, 0.6) is 0 Å². The van der Waals surface area contributed by atoms with Gasteiger partial charge in [-0.1, -0.05) is 0 Å². The highest BCUT2D eigenvalue weighted by molar-refractivity contribution is 5.75. The van der Waals surface area contributed by atoms with Gasteiger partial charge < -0.3 is 0 Å². The van der Waals surface area contributed by atoms with Crippen molar-refractivity contribution in [2.75, 3.05) is 0 Å². The van der Waals surface area contributed by atoms with Crippen LogP contribution in [0.3, 0.4) is 0 Å². The van der Waals surface area contributed by atoms with Crippen molar-refractivity contribution in [2.45, 2.75) is 12.8 Å². The lowest BCUT2D eigenvalue weighted by Crippen LogP contribution is -2.59. The van der Waals surface area contributed by atoms with Crippen molar-refractivity contribution in [3.63, 3.8) is 0 Å². The van der Waals surface area contributed by atoms with Crippen LogP contribution in [0.4, 0.5) is 0 Å². The molecule has 0 saturated carbocycles. The maximum absolute atomic E-state index is 10.4. The molecule has 1 heterocycles. The van der Waals surface area contributed by atoms with E-state index in [1.54, 1.807) is 12.4 Å². The molecule has 0 fully saturated rings. The van der Waals surface area contributed by atoms with Crippen molar-refractivity contribution in [3.8, 4) is 0 Å². The summed E-state index contributed by atoms with van der Waals surface area (Å²) in [6.45, 7) is 1.49. The van der Waals surface area contributed by atoms with Crippen molar-refractivity contribution in [3.05, 3.63) is 59.2 Å². The van der Waals surface area contributed by atoms with Gasteiger partial charge in [0, 0.05) is 19.3 Å². The molecule has 21 heavy (non-hydrogen) atoms. The van der Waals surface area contributed by atoms with Crippen LogP contribution < -0.4 is 0 Å². The molecule has 15 nitrogen and oxygen atoms in total. The average Bonchev–Trinajstić information content (AvgIpc) is 2.81. The van der Waals surface area contributed by atoms with Gasteiger partial charge in [0.25, 0.3) is 19.7 Å². The lowest BCUT2D eigenvalue weighted by molar-refractivity contribution is -1.11. The fourth-order valence-corrected chi connectivity index (χ4v) is 0.845. The molecular weight excluding hydrogens is 300 g/mol. The van der Waals surface area contributed by atoms with Crippen molar-refractivity contribution < 1.29 is 24.5 Å². The third-order valence-corrected chi connectivity index (χ3v) is 1.85. The van der Waals surface area contributed by atoms with Crippen LogP contribution in [-0.4, -0.2) is 41.1 Å². The normalized spacial score (nSPS) is 9.95. The van der Waals surface area contributed by atoms with Crippen LogP contribution in [-0.2, 0) is 0 Å². The third kappa shape index (κ3) is 3.49. The van der Waals surface area contributed by atoms with Gasteiger partial charge in [-0.05, 0) is 0 Å². The quantitative estimate of drug-likeness (QED) is 0.385. The fraction of sp³-hybridized carbons (Fsp3) is 0.333. The molecule has 0 spiro atoms. The van der Waals surface area contributed by atoms with E-state index in [1.165, 1.54) is 17.8 Å². The monoisotopic (exact) mass is 306 g/mol. The molecule has 0 amide bonds. The Balaban J connectivity index is 0.000000423. The molecule has 0 aliphatic carbocycles. The summed E-state index contributed by atoms with van der Waals surface area (Å²) in [5.41, 5.74) is 0. The highest BCUT2D eigenvalue weighted by atomic mass is 16.8. The number of carbonyl (C=O) groups excluding carboxylic acids is 1. The third-order valence-electron chi connectivity index (χ3n) is 1.85. The zero-order valence-corrected chi connectivity index (χ0v) is 10.1. The summed E-state index contributed by atoms with van der Waals surface area (Å²) in [7, 11) is 0. The molecule has 114 valence electrons. The lowest BCUT2D eigenvalue weighted by atomic mass is 10.7. The molecule has 1 aromatic rings. The second kappa shape index (κ2) is 6.59. The van der Waals surface area contributed by atoms with Gasteiger partial charge in [0.1, 0.15) is 6.33 Å². The predicted octanol–water partition coefficient (Wildman–Crippen LogP) is -0.752. The molecule has 0 unspecified atom stereocenters. The van der Waals surface area contributed by atoms with E-state index in [2.05, 4.69) is 4.98 Å². The highest BCUT2D eigenvalue weighted by Gasteiger charge is 2.85. The van der Waals surface area contributed by atoms with Gasteiger partial charge >= 0.3 is 5.91 Å². The van der Waals surface area contributed by atoms with Crippen LogP contribution in [0.25, 0.3) is 0 Å². The second-order valence-electron chi connectivity index (χ2n) is 3.12. The van der Waals surface area contributed by atoms with E-state index in [-0.39, 0.29) is 5.91 Å². The first-order valence-corrected chi connectivity index (χ1v) is 4.65. The van der Waals surface area contributed by atoms with E-state index in [1.807, 2.05) is 0 Å². The minimum absolute atomic E-state index is 0.0116. The van der Waals surface area contributed by atoms with E-state index in [0.29, 0.717) is 0 Å². The smallest absolute Gasteiger partial charge is 0.277 e. The number of hydrogen-bond donors (Lipinski definition) is 0. The minimum Gasteiger partial charge on any atom is -0.277 e. The van der Waals surface area contributed by atoms with Crippen molar-refractivity contribution in [1.82, 2.24) is 9.55 Å². The Hall–Kier alpha value is -3.52.